The molecule has 0 fully saturated rings. The number of nitrogens with one attached hydrogen (secondary N) is 3. The van der Waals surface area contributed by atoms with Crippen LogP contribution in [0.15, 0.2) is 48.5 Å². The molecule has 0 aliphatic carbocycles. The topological polar surface area (TPSA) is 154 Å². The first-order valence-corrected chi connectivity index (χ1v) is 13.5. The molecule has 2 rings (SSSR count). The second-order valence-corrected chi connectivity index (χ2v) is 10.7. The van der Waals surface area contributed by atoms with Crippen LogP contribution < -0.4 is 20.5 Å². The first kappa shape index (κ1) is 30.0. The van der Waals surface area contributed by atoms with Crippen molar-refractivity contribution in [3.63, 3.8) is 0 Å². The van der Waals surface area contributed by atoms with Gasteiger partial charge in [-0.2, -0.15) is 0 Å². The maximum absolute atomic E-state index is 13.2. The summed E-state index contributed by atoms with van der Waals surface area (Å²) in [6, 6.07) is 11.6. The summed E-state index contributed by atoms with van der Waals surface area (Å²) in [7, 11) is -4.69. The summed E-state index contributed by atoms with van der Waals surface area (Å²) in [5.74, 6) is -1.18. The molecule has 0 bridgehead atoms. The normalized spacial score (nSPS) is 13.8. The maximum atomic E-state index is 13.2. The number of carbonyl (C=O) groups is 3. The van der Waals surface area contributed by atoms with Gasteiger partial charge in [0.25, 0.3) is 0 Å². The highest BCUT2D eigenvalue weighted by atomic mass is 31.2. The molecule has 11 heteroatoms. The SMILES string of the molecule is CC(=O)N[C@@H](Cc1ccc(OP(=O)(O)O)cc1)C(=O)N[C@@H](CC(C)C)C(=O)N[C@@H](C)c1ccc(C)cc1. The average molecular weight is 534 g/mol. The molecule has 37 heavy (non-hydrogen) atoms. The van der Waals surface area contributed by atoms with Crippen LogP contribution in [0.4, 0.5) is 0 Å². The minimum atomic E-state index is -4.69. The lowest BCUT2D eigenvalue weighted by Gasteiger charge is -2.25. The van der Waals surface area contributed by atoms with Crippen LogP contribution in [0.25, 0.3) is 0 Å². The van der Waals surface area contributed by atoms with Crippen molar-refractivity contribution in [2.45, 2.75) is 65.6 Å². The first-order chi connectivity index (χ1) is 17.2. The number of benzene rings is 2. The van der Waals surface area contributed by atoms with E-state index in [9.17, 15) is 18.9 Å². The number of aryl methyl sites for hydroxylation is 1. The van der Waals surface area contributed by atoms with E-state index in [1.54, 1.807) is 0 Å². The molecule has 0 saturated carbocycles. The molecule has 0 spiro atoms. The van der Waals surface area contributed by atoms with Gasteiger partial charge >= 0.3 is 7.82 Å². The zero-order chi connectivity index (χ0) is 27.8. The van der Waals surface area contributed by atoms with E-state index in [1.807, 2.05) is 52.0 Å². The predicted molar refractivity (Wildman–Crippen MR) is 140 cm³/mol. The maximum Gasteiger partial charge on any atom is 0.524 e. The van der Waals surface area contributed by atoms with Crippen molar-refractivity contribution in [3.8, 4) is 5.75 Å². The van der Waals surface area contributed by atoms with Gasteiger partial charge in [0.05, 0.1) is 6.04 Å². The molecule has 0 aromatic heterocycles. The minimum absolute atomic E-state index is 0.0334. The second-order valence-electron chi connectivity index (χ2n) is 9.51. The molecule has 0 aliphatic heterocycles. The predicted octanol–water partition coefficient (Wildman–Crippen LogP) is 2.92. The lowest BCUT2D eigenvalue weighted by atomic mass is 10.00. The fraction of sp³-hybridized carbons (Fsp3) is 0.423. The highest BCUT2D eigenvalue weighted by Crippen LogP contribution is 2.37. The molecule has 2 aromatic carbocycles. The van der Waals surface area contributed by atoms with Crippen molar-refractivity contribution in [2.24, 2.45) is 5.92 Å². The molecular weight excluding hydrogens is 497 g/mol. The van der Waals surface area contributed by atoms with E-state index in [2.05, 4.69) is 20.5 Å². The Kier molecular flexibility index (Phi) is 10.9. The van der Waals surface area contributed by atoms with E-state index in [1.165, 1.54) is 31.2 Å². The zero-order valence-corrected chi connectivity index (χ0v) is 22.6. The van der Waals surface area contributed by atoms with Gasteiger partial charge in [-0.15, -0.1) is 0 Å². The van der Waals surface area contributed by atoms with E-state index >= 15 is 0 Å². The molecule has 3 atom stereocenters. The molecule has 3 amide bonds. The summed E-state index contributed by atoms with van der Waals surface area (Å²) in [5.41, 5.74) is 2.67. The number of rotatable bonds is 12. The Morgan fingerprint density at radius 3 is 1.95 bits per heavy atom. The third kappa shape index (κ3) is 10.8. The summed E-state index contributed by atoms with van der Waals surface area (Å²) in [5, 5.41) is 8.36. The third-order valence-corrected chi connectivity index (χ3v) is 6.01. The fourth-order valence-corrected chi connectivity index (χ4v) is 4.14. The van der Waals surface area contributed by atoms with Gasteiger partial charge < -0.3 is 20.5 Å². The number of hydrogen-bond acceptors (Lipinski definition) is 5. The Balaban J connectivity index is 2.14. The van der Waals surface area contributed by atoms with Crippen LogP contribution >= 0.6 is 7.82 Å². The molecule has 0 saturated heterocycles. The largest absolute Gasteiger partial charge is 0.524 e. The molecule has 0 unspecified atom stereocenters. The molecule has 10 nitrogen and oxygen atoms in total. The van der Waals surface area contributed by atoms with Crippen molar-refractivity contribution in [2.75, 3.05) is 0 Å². The average Bonchev–Trinajstić information content (AvgIpc) is 2.78. The van der Waals surface area contributed by atoms with Gasteiger partial charge in [-0.25, -0.2) is 4.57 Å². The van der Waals surface area contributed by atoms with E-state index in [0.29, 0.717) is 12.0 Å². The molecule has 2 aromatic rings. The number of amides is 3. The van der Waals surface area contributed by atoms with E-state index < -0.39 is 31.7 Å². The molecule has 0 radical (unpaired) electrons. The first-order valence-electron chi connectivity index (χ1n) is 12.0. The van der Waals surface area contributed by atoms with Crippen LogP contribution in [0, 0.1) is 12.8 Å². The van der Waals surface area contributed by atoms with Crippen molar-refractivity contribution < 1.29 is 33.3 Å². The summed E-state index contributed by atoms with van der Waals surface area (Å²) < 4.78 is 15.5. The zero-order valence-electron chi connectivity index (χ0n) is 21.7. The number of hydrogen-bond donors (Lipinski definition) is 5. The van der Waals surface area contributed by atoms with Crippen molar-refractivity contribution in [3.05, 3.63) is 65.2 Å². The number of carbonyl (C=O) groups excluding carboxylic acids is 3. The summed E-state index contributed by atoms with van der Waals surface area (Å²) in [4.78, 5) is 56.0. The monoisotopic (exact) mass is 533 g/mol. The molecular formula is C26H36N3O7P. The summed E-state index contributed by atoms with van der Waals surface area (Å²) >= 11 is 0. The number of phosphoric ester groups is 1. The lowest BCUT2D eigenvalue weighted by molar-refractivity contribution is -0.132. The molecule has 5 N–H and O–H groups in total. The van der Waals surface area contributed by atoms with Crippen molar-refractivity contribution in [1.29, 1.82) is 0 Å². The number of phosphoric acid groups is 1. The Hall–Kier alpha value is -3.20. The Morgan fingerprint density at radius 2 is 1.43 bits per heavy atom. The van der Waals surface area contributed by atoms with Gasteiger partial charge in [0, 0.05) is 13.3 Å². The van der Waals surface area contributed by atoms with Gasteiger partial charge in [-0.1, -0.05) is 55.8 Å². The van der Waals surface area contributed by atoms with Crippen LogP contribution in [0.2, 0.25) is 0 Å². The van der Waals surface area contributed by atoms with Crippen molar-refractivity contribution in [1.82, 2.24) is 16.0 Å². The van der Waals surface area contributed by atoms with Gasteiger partial charge in [0.15, 0.2) is 0 Å². The Bertz CT molecular complexity index is 1110. The van der Waals surface area contributed by atoms with Crippen LogP contribution in [-0.4, -0.2) is 39.6 Å². The van der Waals surface area contributed by atoms with Gasteiger partial charge in [-0.3, -0.25) is 24.2 Å². The van der Waals surface area contributed by atoms with Crippen molar-refractivity contribution >= 4 is 25.5 Å². The molecule has 0 heterocycles. The minimum Gasteiger partial charge on any atom is -0.404 e. The van der Waals surface area contributed by atoms with E-state index in [0.717, 1.165) is 11.1 Å². The van der Waals surface area contributed by atoms with E-state index in [-0.39, 0.29) is 30.0 Å². The standard InChI is InChI=1S/C26H36N3O7P/c1-16(2)14-23(25(31)27-18(4)21-10-6-17(3)7-11-21)29-26(32)24(28-19(5)30)15-20-8-12-22(13-9-20)36-37(33,34)35/h6-13,16,18,23-24H,14-15H2,1-5H3,(H,27,31)(H,28,30)(H,29,32)(H2,33,34,35)/t18-,23-,24-/m0/s1. The highest BCUT2D eigenvalue weighted by molar-refractivity contribution is 7.46. The highest BCUT2D eigenvalue weighted by Gasteiger charge is 2.28. The molecule has 0 aliphatic rings. The quantitative estimate of drug-likeness (QED) is 0.263. The van der Waals surface area contributed by atoms with E-state index in [4.69, 9.17) is 9.79 Å². The van der Waals surface area contributed by atoms with Crippen LogP contribution in [0.1, 0.15) is 56.8 Å². The van der Waals surface area contributed by atoms with Crippen LogP contribution in [-0.2, 0) is 25.4 Å². The Morgan fingerprint density at radius 1 is 0.865 bits per heavy atom. The summed E-state index contributed by atoms with van der Waals surface area (Å²) in [6.07, 6.45) is 0.497. The van der Waals surface area contributed by atoms with Gasteiger partial charge in [0.2, 0.25) is 17.7 Å². The second kappa shape index (κ2) is 13.4. The third-order valence-electron chi connectivity index (χ3n) is 5.56. The smallest absolute Gasteiger partial charge is 0.404 e. The molecule has 202 valence electrons. The lowest BCUT2D eigenvalue weighted by Crippen LogP contribution is -2.54. The summed E-state index contributed by atoms with van der Waals surface area (Å²) in [6.45, 7) is 9.04. The van der Waals surface area contributed by atoms with Crippen LogP contribution in [0.5, 0.6) is 5.75 Å². The van der Waals surface area contributed by atoms with Gasteiger partial charge in [0.1, 0.15) is 17.8 Å². The Labute approximate surface area is 217 Å². The van der Waals surface area contributed by atoms with Crippen LogP contribution in [0.3, 0.4) is 0 Å². The fourth-order valence-electron chi connectivity index (χ4n) is 3.74. The van der Waals surface area contributed by atoms with Gasteiger partial charge in [-0.05, 0) is 49.4 Å².